The van der Waals surface area contributed by atoms with E-state index in [2.05, 4.69) is 27.4 Å². The number of hydrogen-bond acceptors (Lipinski definition) is 3. The van der Waals surface area contributed by atoms with Crippen LogP contribution >= 0.6 is 17.0 Å². The van der Waals surface area contributed by atoms with Crippen LogP contribution in [0.3, 0.4) is 0 Å². The summed E-state index contributed by atoms with van der Waals surface area (Å²) in [6.07, 6.45) is -5.10. The third-order valence-corrected chi connectivity index (χ3v) is 9.07. The number of alkyl halides is 6. The summed E-state index contributed by atoms with van der Waals surface area (Å²) >= 11 is 0. The third-order valence-electron chi connectivity index (χ3n) is 9.07. The summed E-state index contributed by atoms with van der Waals surface area (Å²) in [5.74, 6) is -0.498. The number of rotatable bonds is 9. The van der Waals surface area contributed by atoms with Crippen molar-refractivity contribution in [3.05, 3.63) is 70.9 Å². The van der Waals surface area contributed by atoms with Crippen LogP contribution in [0.5, 0.6) is 0 Å². The fourth-order valence-electron chi connectivity index (χ4n) is 6.42. The number of carbonyl (C=O) groups is 2. The highest BCUT2D eigenvalue weighted by Gasteiger charge is 2.44. The number of halogens is 7. The van der Waals surface area contributed by atoms with Gasteiger partial charge in [0.15, 0.2) is 5.78 Å². The number of aromatic nitrogens is 1. The Bertz CT molecular complexity index is 1450. The number of piperidine rings is 3. The van der Waals surface area contributed by atoms with Gasteiger partial charge in [0.2, 0.25) is 0 Å². The number of hydrogen-bond donors (Lipinski definition) is 3. The number of urea groups is 1. The van der Waals surface area contributed by atoms with E-state index in [1.807, 2.05) is 24.3 Å². The van der Waals surface area contributed by atoms with E-state index in [1.165, 1.54) is 0 Å². The van der Waals surface area contributed by atoms with Gasteiger partial charge in [-0.15, -0.1) is 17.0 Å². The molecule has 2 unspecified atom stereocenters. The van der Waals surface area contributed by atoms with Gasteiger partial charge in [0.25, 0.3) is 0 Å². The number of fused-ring (bicyclic) bond motifs is 4. The molecule has 3 saturated heterocycles. The molecule has 0 radical (unpaired) electrons. The quantitative estimate of drug-likeness (QED) is 0.205. The molecular formula is C31H35BrF6N4O2. The maximum absolute atomic E-state index is 13.5. The maximum Gasteiger partial charge on any atom is 0.416 e. The third kappa shape index (κ3) is 7.59. The highest BCUT2D eigenvalue weighted by Crippen LogP contribution is 2.45. The molecule has 0 aliphatic carbocycles. The molecule has 2 bridgehead atoms. The second-order valence-corrected chi connectivity index (χ2v) is 11.7. The highest BCUT2D eigenvalue weighted by molar-refractivity contribution is 8.93. The molecule has 2 atom stereocenters. The zero-order valence-electron chi connectivity index (χ0n) is 24.1. The zero-order valence-corrected chi connectivity index (χ0v) is 25.8. The fourth-order valence-corrected chi connectivity index (χ4v) is 6.42. The van der Waals surface area contributed by atoms with Crippen LogP contribution in [0.15, 0.2) is 48.7 Å². The van der Waals surface area contributed by atoms with Crippen molar-refractivity contribution in [1.82, 2.24) is 20.5 Å². The molecule has 0 spiro atoms. The van der Waals surface area contributed by atoms with Crippen LogP contribution in [0.1, 0.15) is 61.3 Å². The lowest BCUT2D eigenvalue weighted by Gasteiger charge is -2.52. The van der Waals surface area contributed by atoms with Crippen LogP contribution in [-0.2, 0) is 30.0 Å². The van der Waals surface area contributed by atoms with E-state index in [0.29, 0.717) is 12.1 Å². The molecule has 0 saturated carbocycles. The van der Waals surface area contributed by atoms with Crippen LogP contribution in [0.4, 0.5) is 31.1 Å². The molecule has 44 heavy (non-hydrogen) atoms. The van der Waals surface area contributed by atoms with Crippen molar-refractivity contribution in [1.29, 1.82) is 0 Å². The van der Waals surface area contributed by atoms with Gasteiger partial charge >= 0.3 is 18.4 Å². The average molecular weight is 690 g/mol. The predicted octanol–water partition coefficient (Wildman–Crippen LogP) is 7.42. The molecule has 3 aliphatic rings. The first-order chi connectivity index (χ1) is 20.3. The van der Waals surface area contributed by atoms with Gasteiger partial charge in [-0.2, -0.15) is 26.3 Å². The second kappa shape index (κ2) is 13.1. The topological polar surface area (TPSA) is 77.2 Å². The monoisotopic (exact) mass is 688 g/mol. The SMILES string of the molecule is Br.CCC12CCN(CC1)C(NC(=O)NC(Cc1c[nH]c3ccccc13)C(=O)CCc1cc(C(F)(F)F)cc(C(F)(F)F)c1)C2. The van der Waals surface area contributed by atoms with Gasteiger partial charge in [0.05, 0.1) is 23.3 Å². The first-order valence-corrected chi connectivity index (χ1v) is 14.4. The minimum atomic E-state index is -4.98. The molecule has 6 rings (SSSR count). The Hall–Kier alpha value is -3.06. The number of para-hydroxylation sites is 1. The first-order valence-electron chi connectivity index (χ1n) is 14.4. The van der Waals surface area contributed by atoms with Crippen molar-refractivity contribution in [2.75, 3.05) is 13.1 Å². The largest absolute Gasteiger partial charge is 0.416 e. The zero-order chi connectivity index (χ0) is 31.0. The number of amides is 2. The number of benzene rings is 2. The molecule has 2 aromatic carbocycles. The molecule has 3 aromatic rings. The van der Waals surface area contributed by atoms with Crippen LogP contribution < -0.4 is 10.6 Å². The molecule has 6 nitrogen and oxygen atoms in total. The number of aryl methyl sites for hydroxylation is 1. The minimum absolute atomic E-state index is 0. The van der Waals surface area contributed by atoms with Crippen molar-refractivity contribution in [3.8, 4) is 0 Å². The Morgan fingerprint density at radius 2 is 1.66 bits per heavy atom. The van der Waals surface area contributed by atoms with E-state index >= 15 is 0 Å². The number of nitrogens with zero attached hydrogens (tertiary/aromatic N) is 1. The summed E-state index contributed by atoms with van der Waals surface area (Å²) in [6.45, 7) is 3.89. The summed E-state index contributed by atoms with van der Waals surface area (Å²) in [7, 11) is 0. The first kappa shape index (κ1) is 33.8. The van der Waals surface area contributed by atoms with Gasteiger partial charge in [0.1, 0.15) is 0 Å². The smallest absolute Gasteiger partial charge is 0.361 e. The van der Waals surface area contributed by atoms with E-state index in [0.717, 1.165) is 55.2 Å². The number of aromatic amines is 1. The number of carbonyl (C=O) groups excluding carboxylic acids is 2. The second-order valence-electron chi connectivity index (χ2n) is 11.7. The standard InChI is InChI=1S/C31H34F6N4O2.BrH/c1-2-29-9-11-41(12-10-29)27(17-29)40-28(43)39-25(15-20-18-38-24-6-4-3-5-23(20)24)26(42)8-7-19-13-21(30(32,33)34)16-22(14-19)31(35,36)37;/h3-6,13-14,16,18,25,27,38H,2,7-12,15,17H2,1H3,(H2,39,40,43);1H. The van der Waals surface area contributed by atoms with Gasteiger partial charge in [-0.05, 0) is 66.5 Å². The van der Waals surface area contributed by atoms with E-state index in [9.17, 15) is 35.9 Å². The summed E-state index contributed by atoms with van der Waals surface area (Å²) in [4.78, 5) is 32.0. The molecule has 2 amide bonds. The van der Waals surface area contributed by atoms with Crippen LogP contribution in [0.25, 0.3) is 10.9 Å². The lowest BCUT2D eigenvalue weighted by Crippen LogP contribution is -2.62. The Morgan fingerprint density at radius 1 is 1.02 bits per heavy atom. The molecular weight excluding hydrogens is 654 g/mol. The van der Waals surface area contributed by atoms with Crippen LogP contribution in [0.2, 0.25) is 0 Å². The Balaban J connectivity index is 0.00000442. The van der Waals surface area contributed by atoms with Crippen molar-refractivity contribution in [2.24, 2.45) is 5.41 Å². The van der Waals surface area contributed by atoms with Crippen molar-refractivity contribution in [2.45, 2.75) is 76.4 Å². The van der Waals surface area contributed by atoms with E-state index in [1.54, 1.807) is 6.20 Å². The molecule has 4 heterocycles. The van der Waals surface area contributed by atoms with Gasteiger partial charge in [-0.1, -0.05) is 31.5 Å². The highest BCUT2D eigenvalue weighted by atomic mass is 79.9. The number of nitrogens with one attached hydrogen (secondary N) is 3. The molecule has 13 heteroatoms. The summed E-state index contributed by atoms with van der Waals surface area (Å²) < 4.78 is 80.1. The Kier molecular flexibility index (Phi) is 10.1. The summed E-state index contributed by atoms with van der Waals surface area (Å²) in [5.41, 5.74) is -1.38. The molecule has 3 fully saturated rings. The molecule has 3 aliphatic heterocycles. The number of H-pyrrole nitrogens is 1. The minimum Gasteiger partial charge on any atom is -0.361 e. The predicted molar refractivity (Wildman–Crippen MR) is 159 cm³/mol. The van der Waals surface area contributed by atoms with Gasteiger partial charge in [-0.25, -0.2) is 4.79 Å². The van der Waals surface area contributed by atoms with Crippen molar-refractivity contribution < 1.29 is 35.9 Å². The van der Waals surface area contributed by atoms with E-state index < -0.39 is 41.3 Å². The molecule has 1 aromatic heterocycles. The summed E-state index contributed by atoms with van der Waals surface area (Å²) in [6, 6.07) is 7.13. The molecule has 3 N–H and O–H groups in total. The van der Waals surface area contributed by atoms with E-state index in [4.69, 9.17) is 0 Å². The summed E-state index contributed by atoms with van der Waals surface area (Å²) in [5, 5.41) is 6.61. The molecule has 240 valence electrons. The lowest BCUT2D eigenvalue weighted by molar-refractivity contribution is -0.143. The van der Waals surface area contributed by atoms with Crippen molar-refractivity contribution >= 4 is 39.7 Å². The Labute approximate surface area is 261 Å². The number of Topliss-reactive ketones (excluding diaryl/α,β-unsaturated/α-hetero) is 1. The van der Waals surface area contributed by atoms with Crippen LogP contribution in [-0.4, -0.2) is 47.0 Å². The average Bonchev–Trinajstić information content (AvgIpc) is 3.38. The van der Waals surface area contributed by atoms with Gasteiger partial charge in [0, 0.05) is 43.0 Å². The Morgan fingerprint density at radius 3 is 2.27 bits per heavy atom. The normalized spacial score (nSPS) is 22.3. The van der Waals surface area contributed by atoms with E-state index in [-0.39, 0.29) is 59.5 Å². The fraction of sp³-hybridized carbons (Fsp3) is 0.484. The van der Waals surface area contributed by atoms with Gasteiger partial charge < -0.3 is 15.6 Å². The van der Waals surface area contributed by atoms with Gasteiger partial charge in [-0.3, -0.25) is 9.69 Å². The lowest BCUT2D eigenvalue weighted by atomic mass is 9.69. The van der Waals surface area contributed by atoms with Crippen molar-refractivity contribution in [3.63, 3.8) is 0 Å². The number of ketones is 1. The van der Waals surface area contributed by atoms with Crippen LogP contribution in [0, 0.1) is 5.41 Å². The maximum atomic E-state index is 13.5.